The van der Waals surface area contributed by atoms with Crippen LogP contribution in [0.4, 0.5) is 4.39 Å². The van der Waals surface area contributed by atoms with Gasteiger partial charge in [0.25, 0.3) is 6.09 Å². The van der Waals surface area contributed by atoms with E-state index in [1.54, 1.807) is 0 Å². The molecule has 0 atom stereocenters. The summed E-state index contributed by atoms with van der Waals surface area (Å²) in [5, 5.41) is 2.12. The minimum absolute atomic E-state index is 0.0169. The van der Waals surface area contributed by atoms with Gasteiger partial charge >= 0.3 is 5.97 Å². The summed E-state index contributed by atoms with van der Waals surface area (Å²) < 4.78 is 16.7. The first kappa shape index (κ1) is 8.99. The molecule has 0 unspecified atom stereocenters. The summed E-state index contributed by atoms with van der Waals surface area (Å²) in [6.07, 6.45) is -0.889. The maximum atomic E-state index is 12.4. The van der Waals surface area contributed by atoms with Gasteiger partial charge in [0.2, 0.25) is 0 Å². The molecular weight excluding hydrogens is 187 g/mol. The average Bonchev–Trinajstić information content (AvgIpc) is 2.08. The Morgan fingerprint density at radius 2 is 2.50 bits per heavy atom. The first-order chi connectivity index (χ1) is 5.65. The number of hydrogen-bond donors (Lipinski definition) is 1. The minimum atomic E-state index is -0.889. The summed E-state index contributed by atoms with van der Waals surface area (Å²) in [7, 11) is 1.16. The fourth-order valence-electron chi connectivity index (χ4n) is 0.615. The predicted octanol–water partition coefficient (Wildman–Crippen LogP) is 0.700. The van der Waals surface area contributed by atoms with Gasteiger partial charge in [-0.05, 0) is 0 Å². The van der Waals surface area contributed by atoms with Gasteiger partial charge in [-0.3, -0.25) is 0 Å². The zero-order valence-electron chi connectivity index (χ0n) is 6.10. The van der Waals surface area contributed by atoms with Crippen molar-refractivity contribution in [1.29, 1.82) is 0 Å². The minimum Gasteiger partial charge on any atom is -0.464 e. The molecule has 1 aliphatic heterocycles. The van der Waals surface area contributed by atoms with Crippen LogP contribution in [0.25, 0.3) is 0 Å². The first-order valence-corrected chi connectivity index (χ1v) is 3.35. The molecular formula is C6H5ClFN2O2. The lowest BCUT2D eigenvalue weighted by atomic mass is 10.3. The van der Waals surface area contributed by atoms with E-state index in [0.29, 0.717) is 0 Å². The predicted molar refractivity (Wildman–Crippen MR) is 40.9 cm³/mol. The third kappa shape index (κ3) is 1.73. The van der Waals surface area contributed by atoms with Gasteiger partial charge in [0.05, 0.1) is 18.7 Å². The molecule has 1 radical (unpaired) electrons. The molecule has 6 heteroatoms. The number of methoxy groups -OCH3 is 1. The van der Waals surface area contributed by atoms with E-state index in [9.17, 15) is 9.18 Å². The molecule has 0 amide bonds. The van der Waals surface area contributed by atoms with Crippen molar-refractivity contribution >= 4 is 23.7 Å². The van der Waals surface area contributed by atoms with Crippen LogP contribution in [0.1, 0.15) is 0 Å². The fraction of sp³-hybridized carbons (Fsp3) is 0.167. The van der Waals surface area contributed by atoms with Crippen LogP contribution in [0.5, 0.6) is 0 Å². The van der Waals surface area contributed by atoms with Crippen molar-refractivity contribution in [3.8, 4) is 0 Å². The number of nitrogens with one attached hydrogen (secondary N) is 1. The second kappa shape index (κ2) is 3.53. The molecule has 4 nitrogen and oxygen atoms in total. The van der Waals surface area contributed by atoms with Gasteiger partial charge in [0.15, 0.2) is 5.70 Å². The van der Waals surface area contributed by atoms with E-state index in [-0.39, 0.29) is 10.7 Å². The van der Waals surface area contributed by atoms with Crippen molar-refractivity contribution in [1.82, 2.24) is 5.32 Å². The summed E-state index contributed by atoms with van der Waals surface area (Å²) in [6, 6.07) is 0. The molecule has 0 aromatic heterocycles. The van der Waals surface area contributed by atoms with Crippen LogP contribution in [-0.2, 0) is 9.53 Å². The molecule has 12 heavy (non-hydrogen) atoms. The van der Waals surface area contributed by atoms with Crippen LogP contribution in [0, 0.1) is 6.54 Å². The zero-order valence-corrected chi connectivity index (χ0v) is 6.85. The van der Waals surface area contributed by atoms with E-state index in [1.165, 1.54) is 0 Å². The Morgan fingerprint density at radius 1 is 1.83 bits per heavy atom. The molecule has 0 aromatic rings. The number of ether oxygens (including phenoxy) is 1. The molecule has 0 saturated heterocycles. The Labute approximate surface area is 73.1 Å². The highest BCUT2D eigenvalue weighted by atomic mass is 35.5. The van der Waals surface area contributed by atoms with E-state index >= 15 is 0 Å². The first-order valence-electron chi connectivity index (χ1n) is 2.97. The summed E-state index contributed by atoms with van der Waals surface area (Å²) in [6.45, 7) is 1.12. The van der Waals surface area contributed by atoms with E-state index in [1.807, 2.05) is 0 Å². The molecule has 0 saturated carbocycles. The normalized spacial score (nSPS) is 16.8. The van der Waals surface area contributed by atoms with Crippen LogP contribution in [0.2, 0.25) is 0 Å². The topological polar surface area (TPSA) is 50.7 Å². The summed E-state index contributed by atoms with van der Waals surface area (Å²) in [4.78, 5) is 14.1. The smallest absolute Gasteiger partial charge is 0.358 e. The number of esters is 1. The summed E-state index contributed by atoms with van der Waals surface area (Å²) >= 11 is 5.51. The molecule has 0 spiro atoms. The Balaban J connectivity index is 2.93. The highest BCUT2D eigenvalue weighted by molar-refractivity contribution is 6.33. The van der Waals surface area contributed by atoms with Gasteiger partial charge < -0.3 is 10.1 Å². The number of carbonyl (C=O) groups excluding carboxylic acids is 1. The molecule has 0 fully saturated rings. The molecule has 0 aliphatic carbocycles. The van der Waals surface area contributed by atoms with E-state index in [2.05, 4.69) is 15.0 Å². The number of carbonyl (C=O) groups is 1. The van der Waals surface area contributed by atoms with Gasteiger partial charge in [-0.25, -0.2) is 4.79 Å². The highest BCUT2D eigenvalue weighted by Crippen LogP contribution is 2.17. The maximum absolute atomic E-state index is 12.4. The van der Waals surface area contributed by atoms with Crippen molar-refractivity contribution in [2.75, 3.05) is 7.11 Å². The van der Waals surface area contributed by atoms with Crippen LogP contribution in [-0.4, -0.2) is 19.2 Å². The third-order valence-electron chi connectivity index (χ3n) is 1.13. The second-order valence-electron chi connectivity index (χ2n) is 1.88. The number of aliphatic imine (C=N–C) groups is 1. The van der Waals surface area contributed by atoms with Crippen molar-refractivity contribution < 1.29 is 13.9 Å². The van der Waals surface area contributed by atoms with Gasteiger partial charge in [0, 0.05) is 0 Å². The monoisotopic (exact) mass is 191 g/mol. The van der Waals surface area contributed by atoms with Gasteiger partial charge in [-0.15, -0.1) is 0 Å². The summed E-state index contributed by atoms with van der Waals surface area (Å²) in [5.74, 6) is -0.770. The molecule has 65 valence electrons. The highest BCUT2D eigenvalue weighted by Gasteiger charge is 2.19. The Morgan fingerprint density at radius 3 is 3.08 bits per heavy atom. The number of amidine groups is 1. The molecule has 0 bridgehead atoms. The molecule has 1 rings (SSSR count). The quantitative estimate of drug-likeness (QED) is 0.490. The van der Waals surface area contributed by atoms with E-state index in [0.717, 1.165) is 13.7 Å². The lowest BCUT2D eigenvalue weighted by Gasteiger charge is -2.09. The van der Waals surface area contributed by atoms with Crippen molar-refractivity contribution in [3.63, 3.8) is 0 Å². The van der Waals surface area contributed by atoms with Gasteiger partial charge in [0.1, 0.15) is 0 Å². The van der Waals surface area contributed by atoms with Crippen LogP contribution >= 0.6 is 11.6 Å². The van der Waals surface area contributed by atoms with Gasteiger partial charge in [-0.1, -0.05) is 11.6 Å². The summed E-state index contributed by atoms with van der Waals surface area (Å²) in [5.41, 5.74) is -0.240. The van der Waals surface area contributed by atoms with Crippen molar-refractivity contribution in [2.45, 2.75) is 0 Å². The van der Waals surface area contributed by atoms with E-state index < -0.39 is 12.1 Å². The molecule has 1 N–H and O–H groups in total. The van der Waals surface area contributed by atoms with Crippen molar-refractivity contribution in [2.24, 2.45) is 4.99 Å². The van der Waals surface area contributed by atoms with Crippen molar-refractivity contribution in [3.05, 3.63) is 17.3 Å². The van der Waals surface area contributed by atoms with Gasteiger partial charge in [-0.2, -0.15) is 9.38 Å². The number of nitrogens with zero attached hydrogens (tertiary/aromatic N) is 1. The standard InChI is InChI=1S/C6H5ClFN2O2/c1-12-5(11)4-3(7)2-9-6(8)10-4/h2H,1H3,(H,9,10). The SMILES string of the molecule is COC(=O)C1=C(Cl)[CH]NC(F)=N1. The van der Waals surface area contributed by atoms with Crippen LogP contribution in [0.3, 0.4) is 0 Å². The molecule has 1 aliphatic rings. The van der Waals surface area contributed by atoms with Crippen LogP contribution < -0.4 is 5.32 Å². The lowest BCUT2D eigenvalue weighted by Crippen LogP contribution is -2.23. The number of hydrogen-bond acceptors (Lipinski definition) is 4. The Kier molecular flexibility index (Phi) is 2.65. The number of halogens is 2. The van der Waals surface area contributed by atoms with E-state index in [4.69, 9.17) is 11.6 Å². The number of rotatable bonds is 1. The average molecular weight is 192 g/mol. The maximum Gasteiger partial charge on any atom is 0.358 e. The largest absolute Gasteiger partial charge is 0.464 e. The zero-order chi connectivity index (χ0) is 9.14. The fourth-order valence-corrected chi connectivity index (χ4v) is 0.789. The second-order valence-corrected chi connectivity index (χ2v) is 2.29. The lowest BCUT2D eigenvalue weighted by molar-refractivity contribution is -0.136. The third-order valence-corrected chi connectivity index (χ3v) is 1.42. The Hall–Kier alpha value is -1.10. The Bertz CT molecular complexity index is 275. The molecule has 1 heterocycles. The molecule has 0 aromatic carbocycles. The van der Waals surface area contributed by atoms with Crippen LogP contribution in [0.15, 0.2) is 15.7 Å².